The van der Waals surface area contributed by atoms with E-state index in [4.69, 9.17) is 5.73 Å². The fourth-order valence-corrected chi connectivity index (χ4v) is 1.72. The second kappa shape index (κ2) is 3.56. The average molecular weight is 208 g/mol. The number of carbonyl (C=O) groups excluding carboxylic acids is 1. The normalized spacial score (nSPS) is 17.5. The van der Waals surface area contributed by atoms with Crippen LogP contribution in [-0.4, -0.2) is 34.1 Å². The van der Waals surface area contributed by atoms with Crippen molar-refractivity contribution in [3.8, 4) is 0 Å². The molecule has 1 fully saturated rings. The molecule has 2 rings (SSSR count). The lowest BCUT2D eigenvalue weighted by molar-refractivity contribution is 0.0722. The number of carbonyl (C=O) groups is 1. The standard InChI is InChI=1S/C10H16N4O/c1-6(7-3-4-7)14(2)10(15)9-8(11)5-12-13-9/h5-7H,3-4,11H2,1-2H3,(H,12,13). The molecule has 0 aromatic carbocycles. The number of amides is 1. The number of H-pyrrole nitrogens is 1. The summed E-state index contributed by atoms with van der Waals surface area (Å²) in [6.45, 7) is 2.07. The first kappa shape index (κ1) is 10.0. The van der Waals surface area contributed by atoms with E-state index in [-0.39, 0.29) is 11.9 Å². The monoisotopic (exact) mass is 208 g/mol. The Hall–Kier alpha value is -1.52. The van der Waals surface area contributed by atoms with Crippen molar-refractivity contribution in [2.45, 2.75) is 25.8 Å². The van der Waals surface area contributed by atoms with Gasteiger partial charge in [0.05, 0.1) is 11.9 Å². The van der Waals surface area contributed by atoms with Crippen LogP contribution in [0.2, 0.25) is 0 Å². The van der Waals surface area contributed by atoms with Crippen LogP contribution in [-0.2, 0) is 0 Å². The van der Waals surface area contributed by atoms with Crippen LogP contribution in [0.4, 0.5) is 5.69 Å². The molecule has 1 aromatic heterocycles. The molecule has 5 heteroatoms. The number of aromatic nitrogens is 2. The Kier molecular flexibility index (Phi) is 2.38. The Morgan fingerprint density at radius 2 is 2.40 bits per heavy atom. The molecule has 0 saturated heterocycles. The van der Waals surface area contributed by atoms with Gasteiger partial charge in [0, 0.05) is 13.1 Å². The molecular weight excluding hydrogens is 192 g/mol. The predicted octanol–water partition coefficient (Wildman–Crippen LogP) is 0.862. The van der Waals surface area contributed by atoms with Crippen LogP contribution >= 0.6 is 0 Å². The molecule has 82 valence electrons. The molecule has 1 unspecified atom stereocenters. The number of hydrogen-bond acceptors (Lipinski definition) is 3. The lowest BCUT2D eigenvalue weighted by Gasteiger charge is -2.24. The van der Waals surface area contributed by atoms with E-state index in [0.29, 0.717) is 17.3 Å². The van der Waals surface area contributed by atoms with Crippen LogP contribution < -0.4 is 5.73 Å². The highest BCUT2D eigenvalue weighted by Gasteiger charge is 2.33. The minimum Gasteiger partial charge on any atom is -0.396 e. The van der Waals surface area contributed by atoms with Crippen molar-refractivity contribution in [1.29, 1.82) is 0 Å². The molecule has 1 atom stereocenters. The molecule has 1 saturated carbocycles. The van der Waals surface area contributed by atoms with Gasteiger partial charge in [-0.05, 0) is 25.7 Å². The highest BCUT2D eigenvalue weighted by molar-refractivity contribution is 5.97. The number of rotatable bonds is 3. The Morgan fingerprint density at radius 3 is 2.87 bits per heavy atom. The van der Waals surface area contributed by atoms with Gasteiger partial charge in [-0.15, -0.1) is 0 Å². The molecule has 1 heterocycles. The van der Waals surface area contributed by atoms with E-state index < -0.39 is 0 Å². The molecule has 1 aliphatic carbocycles. The number of nitrogens with two attached hydrogens (primary N) is 1. The largest absolute Gasteiger partial charge is 0.396 e. The molecule has 0 bridgehead atoms. The van der Waals surface area contributed by atoms with Crippen molar-refractivity contribution in [3.63, 3.8) is 0 Å². The summed E-state index contributed by atoms with van der Waals surface area (Å²) < 4.78 is 0. The van der Waals surface area contributed by atoms with Gasteiger partial charge in [0.15, 0.2) is 0 Å². The summed E-state index contributed by atoms with van der Waals surface area (Å²) in [6.07, 6.45) is 3.90. The van der Waals surface area contributed by atoms with Gasteiger partial charge in [-0.3, -0.25) is 9.89 Å². The van der Waals surface area contributed by atoms with Crippen LogP contribution in [0.3, 0.4) is 0 Å². The number of aromatic amines is 1. The average Bonchev–Trinajstić information content (AvgIpc) is 2.98. The van der Waals surface area contributed by atoms with Crippen molar-refractivity contribution < 1.29 is 4.79 Å². The molecule has 1 aliphatic rings. The summed E-state index contributed by atoms with van der Waals surface area (Å²) in [7, 11) is 1.81. The Labute approximate surface area is 88.6 Å². The van der Waals surface area contributed by atoms with Gasteiger partial charge < -0.3 is 10.6 Å². The van der Waals surface area contributed by atoms with Gasteiger partial charge in [0.2, 0.25) is 0 Å². The zero-order valence-corrected chi connectivity index (χ0v) is 9.03. The Bertz CT molecular complexity index is 369. The van der Waals surface area contributed by atoms with Gasteiger partial charge in [0.25, 0.3) is 5.91 Å². The summed E-state index contributed by atoms with van der Waals surface area (Å²) in [5.74, 6) is 0.576. The van der Waals surface area contributed by atoms with E-state index in [1.165, 1.54) is 19.0 Å². The van der Waals surface area contributed by atoms with Gasteiger partial charge in [0.1, 0.15) is 5.69 Å². The van der Waals surface area contributed by atoms with Crippen LogP contribution in [0.1, 0.15) is 30.3 Å². The molecule has 3 N–H and O–H groups in total. The Morgan fingerprint density at radius 1 is 1.73 bits per heavy atom. The minimum absolute atomic E-state index is 0.0793. The number of nitrogens with one attached hydrogen (secondary N) is 1. The highest BCUT2D eigenvalue weighted by Crippen LogP contribution is 2.35. The number of hydrogen-bond donors (Lipinski definition) is 2. The summed E-state index contributed by atoms with van der Waals surface area (Å²) in [4.78, 5) is 13.7. The van der Waals surface area contributed by atoms with Crippen molar-refractivity contribution in [3.05, 3.63) is 11.9 Å². The summed E-state index contributed by atoms with van der Waals surface area (Å²) in [5.41, 5.74) is 6.44. The van der Waals surface area contributed by atoms with Gasteiger partial charge in [-0.25, -0.2) is 0 Å². The quantitative estimate of drug-likeness (QED) is 0.773. The zero-order valence-electron chi connectivity index (χ0n) is 9.03. The molecule has 15 heavy (non-hydrogen) atoms. The smallest absolute Gasteiger partial charge is 0.274 e. The van der Waals surface area contributed by atoms with Gasteiger partial charge >= 0.3 is 0 Å². The van der Waals surface area contributed by atoms with E-state index in [0.717, 1.165) is 0 Å². The number of anilines is 1. The third-order valence-corrected chi connectivity index (χ3v) is 3.12. The molecule has 5 nitrogen and oxygen atoms in total. The number of nitrogens with zero attached hydrogens (tertiary/aromatic N) is 2. The molecule has 1 aromatic rings. The SMILES string of the molecule is CC(C1CC1)N(C)C(=O)c1[nH]ncc1N. The molecule has 0 spiro atoms. The van der Waals surface area contributed by atoms with Crippen LogP contribution in [0.15, 0.2) is 6.20 Å². The second-order valence-corrected chi connectivity index (χ2v) is 4.19. The molecule has 1 amide bonds. The zero-order chi connectivity index (χ0) is 11.0. The Balaban J connectivity index is 2.10. The summed E-state index contributed by atoms with van der Waals surface area (Å²) in [6, 6.07) is 0.278. The third-order valence-electron chi connectivity index (χ3n) is 3.12. The molecule has 0 aliphatic heterocycles. The van der Waals surface area contributed by atoms with E-state index in [9.17, 15) is 4.79 Å². The van der Waals surface area contributed by atoms with Crippen molar-refractivity contribution in [2.24, 2.45) is 5.92 Å². The third kappa shape index (κ3) is 1.82. The van der Waals surface area contributed by atoms with Crippen LogP contribution in [0, 0.1) is 5.92 Å². The van der Waals surface area contributed by atoms with E-state index in [1.54, 1.807) is 4.90 Å². The summed E-state index contributed by atoms with van der Waals surface area (Å²) in [5, 5.41) is 6.38. The van der Waals surface area contributed by atoms with Crippen LogP contribution in [0.5, 0.6) is 0 Å². The second-order valence-electron chi connectivity index (χ2n) is 4.19. The van der Waals surface area contributed by atoms with E-state index in [2.05, 4.69) is 17.1 Å². The van der Waals surface area contributed by atoms with Crippen molar-refractivity contribution >= 4 is 11.6 Å². The maximum atomic E-state index is 12.0. The first-order valence-electron chi connectivity index (χ1n) is 5.17. The van der Waals surface area contributed by atoms with Gasteiger partial charge in [-0.1, -0.05) is 0 Å². The first-order chi connectivity index (χ1) is 7.11. The summed E-state index contributed by atoms with van der Waals surface area (Å²) >= 11 is 0. The minimum atomic E-state index is -0.0793. The maximum Gasteiger partial charge on any atom is 0.274 e. The lowest BCUT2D eigenvalue weighted by atomic mass is 10.2. The number of nitrogen functional groups attached to an aromatic ring is 1. The van der Waals surface area contributed by atoms with E-state index >= 15 is 0 Å². The van der Waals surface area contributed by atoms with Crippen LogP contribution in [0.25, 0.3) is 0 Å². The van der Waals surface area contributed by atoms with E-state index in [1.807, 2.05) is 7.05 Å². The lowest BCUT2D eigenvalue weighted by Crippen LogP contribution is -2.36. The highest BCUT2D eigenvalue weighted by atomic mass is 16.2. The first-order valence-corrected chi connectivity index (χ1v) is 5.17. The van der Waals surface area contributed by atoms with Gasteiger partial charge in [-0.2, -0.15) is 5.10 Å². The van der Waals surface area contributed by atoms with Crippen molar-refractivity contribution in [2.75, 3.05) is 12.8 Å². The molecular formula is C10H16N4O. The fraction of sp³-hybridized carbons (Fsp3) is 0.600. The predicted molar refractivity (Wildman–Crippen MR) is 57.3 cm³/mol. The molecule has 0 radical (unpaired) electrons. The van der Waals surface area contributed by atoms with Crippen molar-refractivity contribution in [1.82, 2.24) is 15.1 Å². The topological polar surface area (TPSA) is 75.0 Å². The maximum absolute atomic E-state index is 12.0. The fourth-order valence-electron chi connectivity index (χ4n) is 1.72.